The van der Waals surface area contributed by atoms with Crippen LogP contribution < -0.4 is 24.7 Å². The van der Waals surface area contributed by atoms with E-state index in [0.717, 1.165) is 29.9 Å². The van der Waals surface area contributed by atoms with E-state index in [1.165, 1.54) is 24.4 Å². The van der Waals surface area contributed by atoms with Crippen LogP contribution in [-0.4, -0.2) is 81.4 Å². The summed E-state index contributed by atoms with van der Waals surface area (Å²) in [5, 5.41) is 20.2. The summed E-state index contributed by atoms with van der Waals surface area (Å²) in [6, 6.07) is 6.30. The summed E-state index contributed by atoms with van der Waals surface area (Å²) in [6.07, 6.45) is -0.260. The first-order valence-corrected chi connectivity index (χ1v) is 16.1. The standard InChI is InChI=1S/C29H30F2N3O12P/c30-20-10-19-22(33(16-1-2-16)13-25(26(19)35)46-28(37)38)11-23(20)32-7-5-29(39,6-8-32)15-43-24-4-3-17(9-21(24)31)34-12-18(45-27(34)36)14-44-47(40,41)42/h3-4,9-11,13,16,18,39H,1-2,5-8,12,14-15H2,(H,37,38)(H2,40,41,42)/t18-/m1/s1. The molecule has 252 valence electrons. The van der Waals surface area contributed by atoms with E-state index in [9.17, 15) is 28.4 Å². The second-order valence-corrected chi connectivity index (χ2v) is 12.9. The molecule has 1 aliphatic carbocycles. The maximum atomic E-state index is 15.4. The molecule has 3 heterocycles. The number of aliphatic hydroxyl groups is 1. The third kappa shape index (κ3) is 7.18. The molecule has 3 aliphatic rings. The van der Waals surface area contributed by atoms with E-state index in [4.69, 9.17) is 24.4 Å². The lowest BCUT2D eigenvalue weighted by molar-refractivity contribution is -0.0250. The van der Waals surface area contributed by atoms with Crippen LogP contribution in [0.1, 0.15) is 31.7 Å². The molecular formula is C29H30F2N3O12P. The maximum Gasteiger partial charge on any atom is 0.511 e. The molecule has 3 aromatic rings. The number of carboxylic acid groups (broad SMARTS) is 1. The van der Waals surface area contributed by atoms with Crippen LogP contribution in [0.5, 0.6) is 11.5 Å². The largest absolute Gasteiger partial charge is 0.511 e. The molecule has 1 atom stereocenters. The Morgan fingerprint density at radius 1 is 1.06 bits per heavy atom. The molecule has 4 N–H and O–H groups in total. The smallest absolute Gasteiger partial charge is 0.488 e. The lowest BCUT2D eigenvalue weighted by Gasteiger charge is -2.39. The highest BCUT2D eigenvalue weighted by atomic mass is 31.2. The van der Waals surface area contributed by atoms with Crippen LogP contribution in [0.2, 0.25) is 0 Å². The van der Waals surface area contributed by atoms with Crippen LogP contribution in [0.4, 0.5) is 29.7 Å². The van der Waals surface area contributed by atoms with Crippen molar-refractivity contribution in [1.29, 1.82) is 0 Å². The Hall–Kier alpha value is -4.28. The molecule has 2 aromatic carbocycles. The highest BCUT2D eigenvalue weighted by Gasteiger charge is 2.37. The van der Waals surface area contributed by atoms with Crippen molar-refractivity contribution in [2.45, 2.75) is 43.4 Å². The number of rotatable bonds is 10. The summed E-state index contributed by atoms with van der Waals surface area (Å²) in [5.74, 6) is -2.13. The topological polar surface area (TPSA) is 198 Å². The van der Waals surface area contributed by atoms with Gasteiger partial charge in [-0.2, -0.15) is 0 Å². The number of aromatic nitrogens is 1. The number of hydrogen-bond donors (Lipinski definition) is 4. The van der Waals surface area contributed by atoms with E-state index in [-0.39, 0.29) is 67.6 Å². The fourth-order valence-electron chi connectivity index (χ4n) is 5.69. The minimum absolute atomic E-state index is 0.0118. The van der Waals surface area contributed by atoms with Crippen LogP contribution in [0.3, 0.4) is 0 Å². The van der Waals surface area contributed by atoms with Crippen LogP contribution in [0.15, 0.2) is 41.3 Å². The molecule has 3 fully saturated rings. The van der Waals surface area contributed by atoms with Gasteiger partial charge < -0.3 is 43.7 Å². The Kier molecular flexibility index (Phi) is 8.61. The fraction of sp³-hybridized carbons (Fsp3) is 0.414. The van der Waals surface area contributed by atoms with E-state index in [2.05, 4.69) is 9.26 Å². The summed E-state index contributed by atoms with van der Waals surface area (Å²) in [5.41, 5.74) is -1.37. The van der Waals surface area contributed by atoms with Gasteiger partial charge in [0.15, 0.2) is 17.3 Å². The average Bonchev–Trinajstić information content (AvgIpc) is 3.78. The predicted octanol–water partition coefficient (Wildman–Crippen LogP) is 3.52. The van der Waals surface area contributed by atoms with Crippen LogP contribution in [-0.2, 0) is 13.8 Å². The van der Waals surface area contributed by atoms with Gasteiger partial charge in [-0.3, -0.25) is 14.2 Å². The Morgan fingerprint density at radius 2 is 1.79 bits per heavy atom. The lowest BCUT2D eigenvalue weighted by atomic mass is 9.92. The summed E-state index contributed by atoms with van der Waals surface area (Å²) >= 11 is 0. The molecule has 2 aliphatic heterocycles. The van der Waals surface area contributed by atoms with Gasteiger partial charge in [-0.15, -0.1) is 0 Å². The summed E-state index contributed by atoms with van der Waals surface area (Å²) in [7, 11) is -4.77. The molecule has 0 unspecified atom stereocenters. The number of cyclic esters (lactones) is 1. The molecule has 18 heteroatoms. The molecule has 0 bridgehead atoms. The fourth-order valence-corrected chi connectivity index (χ4v) is 6.05. The Balaban J connectivity index is 1.10. The summed E-state index contributed by atoms with van der Waals surface area (Å²) in [6.45, 7) is -0.543. The highest BCUT2D eigenvalue weighted by molar-refractivity contribution is 7.46. The number of phosphoric ester groups is 1. The first-order chi connectivity index (χ1) is 22.2. The number of anilines is 2. The van der Waals surface area contributed by atoms with Crippen molar-refractivity contribution in [2.24, 2.45) is 0 Å². The third-order valence-electron chi connectivity index (χ3n) is 8.27. The highest BCUT2D eigenvalue weighted by Crippen LogP contribution is 2.40. The molecule has 1 aromatic heterocycles. The number of halogens is 2. The zero-order valence-corrected chi connectivity index (χ0v) is 25.5. The first-order valence-electron chi connectivity index (χ1n) is 14.6. The number of benzene rings is 2. The quantitative estimate of drug-likeness (QED) is 0.179. The zero-order valence-electron chi connectivity index (χ0n) is 24.6. The Morgan fingerprint density at radius 3 is 2.43 bits per heavy atom. The van der Waals surface area contributed by atoms with Gasteiger partial charge in [0.25, 0.3) is 0 Å². The molecule has 6 rings (SSSR count). The molecule has 0 spiro atoms. The van der Waals surface area contributed by atoms with Gasteiger partial charge in [-0.05, 0) is 49.9 Å². The van der Waals surface area contributed by atoms with Crippen molar-refractivity contribution in [3.05, 3.63) is 58.4 Å². The molecule has 47 heavy (non-hydrogen) atoms. The number of ether oxygens (including phenoxy) is 3. The molecule has 2 saturated heterocycles. The van der Waals surface area contributed by atoms with Crippen LogP contribution in [0.25, 0.3) is 10.9 Å². The average molecular weight is 682 g/mol. The van der Waals surface area contributed by atoms with Gasteiger partial charge in [-0.1, -0.05) is 0 Å². The van der Waals surface area contributed by atoms with Gasteiger partial charge in [-0.25, -0.2) is 22.9 Å². The third-order valence-corrected chi connectivity index (χ3v) is 8.75. The van der Waals surface area contributed by atoms with Crippen molar-refractivity contribution in [3.63, 3.8) is 0 Å². The minimum atomic E-state index is -4.77. The monoisotopic (exact) mass is 681 g/mol. The van der Waals surface area contributed by atoms with Gasteiger partial charge in [0, 0.05) is 25.2 Å². The normalized spacial score (nSPS) is 19.6. The maximum absolute atomic E-state index is 15.4. The molecular weight excluding hydrogens is 651 g/mol. The lowest BCUT2D eigenvalue weighted by Crippen LogP contribution is -2.48. The van der Waals surface area contributed by atoms with Gasteiger partial charge >= 0.3 is 20.1 Å². The number of hydrogen-bond acceptors (Lipinski definition) is 10. The summed E-state index contributed by atoms with van der Waals surface area (Å²) < 4.78 is 62.6. The SMILES string of the molecule is O=C(O)Oc1cn(C2CC2)c2cc(N3CCC(O)(COc4ccc(N5C[C@H](COP(=O)(O)O)OC5=O)cc4F)CC3)c(F)cc2c1=O. The number of fused-ring (bicyclic) bond motifs is 1. The first kappa shape index (κ1) is 32.7. The van der Waals surface area contributed by atoms with E-state index in [0.29, 0.717) is 5.52 Å². The molecule has 15 nitrogen and oxygen atoms in total. The zero-order chi connectivity index (χ0) is 33.7. The van der Waals surface area contributed by atoms with Crippen molar-refractivity contribution in [2.75, 3.05) is 42.6 Å². The summed E-state index contributed by atoms with van der Waals surface area (Å²) in [4.78, 5) is 56.6. The van der Waals surface area contributed by atoms with E-state index in [1.54, 1.807) is 9.47 Å². The van der Waals surface area contributed by atoms with E-state index in [1.807, 2.05) is 0 Å². The number of piperidine rings is 1. The molecule has 0 radical (unpaired) electrons. The van der Waals surface area contributed by atoms with Crippen molar-refractivity contribution >= 4 is 42.3 Å². The van der Waals surface area contributed by atoms with Crippen LogP contribution in [0, 0.1) is 11.6 Å². The number of pyridine rings is 1. The second kappa shape index (κ2) is 12.4. The van der Waals surface area contributed by atoms with Crippen molar-refractivity contribution in [3.8, 4) is 11.5 Å². The number of phosphoric acid groups is 1. The number of carbonyl (C=O) groups excluding carboxylic acids is 1. The number of amides is 1. The minimum Gasteiger partial charge on any atom is -0.488 e. The molecule has 1 saturated carbocycles. The van der Waals surface area contributed by atoms with Crippen molar-refractivity contribution in [1.82, 2.24) is 4.57 Å². The van der Waals surface area contributed by atoms with Gasteiger partial charge in [0.1, 0.15) is 24.1 Å². The Labute approximate surface area is 264 Å². The van der Waals surface area contributed by atoms with Gasteiger partial charge in [0.05, 0.1) is 41.6 Å². The van der Waals surface area contributed by atoms with Crippen LogP contribution >= 0.6 is 7.82 Å². The van der Waals surface area contributed by atoms with Crippen molar-refractivity contribution < 1.29 is 61.7 Å². The van der Waals surface area contributed by atoms with E-state index >= 15 is 4.39 Å². The molecule has 1 amide bonds. The Bertz CT molecular complexity index is 1840. The predicted molar refractivity (Wildman–Crippen MR) is 159 cm³/mol. The number of nitrogens with zero attached hydrogens (tertiary/aromatic N) is 3. The number of carbonyl (C=O) groups is 2. The second-order valence-electron chi connectivity index (χ2n) is 11.7. The van der Waals surface area contributed by atoms with E-state index < -0.39 is 61.2 Å². The van der Waals surface area contributed by atoms with Gasteiger partial charge in [0.2, 0.25) is 5.43 Å².